The molecule has 0 heterocycles. The molecule has 0 nitrogen and oxygen atoms in total. The lowest BCUT2D eigenvalue weighted by Gasteiger charge is -1.93. The highest BCUT2D eigenvalue weighted by Gasteiger charge is 1.83. The Morgan fingerprint density at radius 2 is 1.00 bits per heavy atom. The van der Waals surface area contributed by atoms with Crippen LogP contribution in [0.5, 0.6) is 0 Å². The Bertz CT molecular complexity index is 31.5. The van der Waals surface area contributed by atoms with Crippen LogP contribution in [0.4, 0.5) is 0 Å². The average Bonchev–Trinajstić information content (AvgIpc) is 1.81. The first-order valence-corrected chi connectivity index (χ1v) is 3.91. The molecule has 0 bridgehead atoms. The van der Waals surface area contributed by atoms with Gasteiger partial charge in [0, 0.05) is 0 Å². The highest BCUT2D eigenvalue weighted by molar-refractivity contribution is 6.08. The van der Waals surface area contributed by atoms with Crippen molar-refractivity contribution in [3.63, 3.8) is 0 Å². The van der Waals surface area contributed by atoms with Gasteiger partial charge in [0.25, 0.3) is 0 Å². The summed E-state index contributed by atoms with van der Waals surface area (Å²) in [6.07, 6.45) is 8.49. The first-order valence-electron chi connectivity index (χ1n) is 3.91. The minimum atomic E-state index is 1.36. The van der Waals surface area contributed by atoms with E-state index in [1.54, 1.807) is 0 Å². The Balaban J connectivity index is 2.53. The summed E-state index contributed by atoms with van der Waals surface area (Å²) in [5.41, 5.74) is 0. The number of hydrogen-bond acceptors (Lipinski definition) is 0. The monoisotopic (exact) mass is 110 g/mol. The number of hydrogen-bond donors (Lipinski definition) is 0. The van der Waals surface area contributed by atoms with Gasteiger partial charge in [-0.15, -0.1) is 0 Å². The fourth-order valence-corrected chi connectivity index (χ4v) is 0.854. The van der Waals surface area contributed by atoms with E-state index in [1.807, 2.05) is 0 Å². The van der Waals surface area contributed by atoms with Crippen molar-refractivity contribution in [3.8, 4) is 0 Å². The van der Waals surface area contributed by atoms with Gasteiger partial charge in [0.05, 0.1) is 0 Å². The topological polar surface area (TPSA) is 0 Å². The zero-order chi connectivity index (χ0) is 6.24. The maximum absolute atomic E-state index is 2.26. The zero-order valence-electron chi connectivity index (χ0n) is 6.24. The van der Waals surface area contributed by atoms with Crippen molar-refractivity contribution in [2.45, 2.75) is 38.3 Å². The Hall–Kier alpha value is 0.130. The molecule has 0 aliphatic heterocycles. The van der Waals surface area contributed by atoms with Gasteiger partial charge in [-0.25, -0.2) is 0 Å². The molecule has 8 heavy (non-hydrogen) atoms. The van der Waals surface area contributed by atoms with E-state index in [0.29, 0.717) is 0 Å². The molecule has 0 aromatic heterocycles. The van der Waals surface area contributed by atoms with Crippen molar-refractivity contribution in [1.82, 2.24) is 0 Å². The van der Waals surface area contributed by atoms with Crippen LogP contribution in [0.25, 0.3) is 0 Å². The van der Waals surface area contributed by atoms with Crippen molar-refractivity contribution >= 4 is 15.7 Å². The second-order valence-electron chi connectivity index (χ2n) is 2.41. The quantitative estimate of drug-likeness (QED) is 0.360. The van der Waals surface area contributed by atoms with Crippen molar-refractivity contribution in [2.24, 2.45) is 0 Å². The first-order chi connectivity index (χ1) is 3.91. The molecule has 0 saturated heterocycles. The van der Waals surface area contributed by atoms with Crippen LogP contribution in [0.1, 0.15) is 25.7 Å². The van der Waals surface area contributed by atoms with Crippen molar-refractivity contribution in [2.75, 3.05) is 0 Å². The average molecular weight is 110 g/mol. The highest BCUT2D eigenvalue weighted by atomic mass is 13.9. The predicted molar refractivity (Wildman–Crippen MR) is 45.2 cm³/mol. The molecule has 0 unspecified atom stereocenters. The number of unbranched alkanes of at least 4 members (excludes halogenated alkanes) is 3. The molecule has 0 aromatic carbocycles. The standard InChI is InChI=1S/C6H16B2/c7-5-3-1-2-4-6-8/h1-8H2. The summed E-state index contributed by atoms with van der Waals surface area (Å²) < 4.78 is 0. The summed E-state index contributed by atoms with van der Waals surface area (Å²) in [5, 5.41) is 0. The second-order valence-corrected chi connectivity index (χ2v) is 2.41. The van der Waals surface area contributed by atoms with E-state index in [9.17, 15) is 0 Å². The van der Waals surface area contributed by atoms with Crippen molar-refractivity contribution in [3.05, 3.63) is 0 Å². The minimum Gasteiger partial charge on any atom is -0.0811 e. The van der Waals surface area contributed by atoms with Gasteiger partial charge in [0.1, 0.15) is 15.7 Å². The van der Waals surface area contributed by atoms with Crippen LogP contribution in [0.3, 0.4) is 0 Å². The predicted octanol–water partition coefficient (Wildman–Crippen LogP) is 0.650. The van der Waals surface area contributed by atoms with E-state index in [0.717, 1.165) is 0 Å². The molecule has 0 spiro atoms. The van der Waals surface area contributed by atoms with Gasteiger partial charge in [0.15, 0.2) is 0 Å². The molecule has 0 aliphatic rings. The fourth-order valence-electron chi connectivity index (χ4n) is 0.854. The van der Waals surface area contributed by atoms with Crippen LogP contribution in [-0.4, -0.2) is 15.7 Å². The van der Waals surface area contributed by atoms with Gasteiger partial charge in [-0.3, -0.25) is 0 Å². The fraction of sp³-hybridized carbons (Fsp3) is 1.00. The van der Waals surface area contributed by atoms with Gasteiger partial charge in [-0.05, 0) is 0 Å². The lowest BCUT2D eigenvalue weighted by molar-refractivity contribution is 0.701. The van der Waals surface area contributed by atoms with Crippen LogP contribution in [0, 0.1) is 0 Å². The third-order valence-corrected chi connectivity index (χ3v) is 1.46. The maximum atomic E-state index is 2.26. The lowest BCUT2D eigenvalue weighted by atomic mass is 9.95. The minimum absolute atomic E-state index is 1.36. The Kier molecular flexibility index (Phi) is 7.25. The van der Waals surface area contributed by atoms with Gasteiger partial charge in [-0.1, -0.05) is 38.3 Å². The van der Waals surface area contributed by atoms with Gasteiger partial charge >= 0.3 is 0 Å². The molecular weight excluding hydrogens is 93.7 g/mol. The Labute approximate surface area is 54.9 Å². The van der Waals surface area contributed by atoms with Crippen LogP contribution in [0.2, 0.25) is 12.6 Å². The molecule has 0 atom stereocenters. The second kappa shape index (κ2) is 7.13. The van der Waals surface area contributed by atoms with E-state index in [2.05, 4.69) is 15.7 Å². The maximum Gasteiger partial charge on any atom is 0.101 e. The van der Waals surface area contributed by atoms with E-state index in [1.165, 1.54) is 38.3 Å². The van der Waals surface area contributed by atoms with E-state index >= 15 is 0 Å². The summed E-state index contributed by atoms with van der Waals surface area (Å²) in [4.78, 5) is 0. The molecule has 0 aliphatic carbocycles. The summed E-state index contributed by atoms with van der Waals surface area (Å²) in [6.45, 7) is 0. The van der Waals surface area contributed by atoms with Crippen molar-refractivity contribution in [1.29, 1.82) is 0 Å². The Morgan fingerprint density at radius 1 is 0.625 bits per heavy atom. The molecule has 0 N–H and O–H groups in total. The number of rotatable bonds is 5. The SMILES string of the molecule is BCCCCCCB. The third kappa shape index (κ3) is 6.13. The van der Waals surface area contributed by atoms with Crippen LogP contribution in [0.15, 0.2) is 0 Å². The summed E-state index contributed by atoms with van der Waals surface area (Å²) in [5.74, 6) is 0. The molecule has 0 saturated carbocycles. The van der Waals surface area contributed by atoms with Gasteiger partial charge in [0.2, 0.25) is 0 Å². The Morgan fingerprint density at radius 3 is 1.25 bits per heavy atom. The molecule has 0 radical (unpaired) electrons. The molecule has 2 heteroatoms. The molecule has 0 rings (SSSR count). The van der Waals surface area contributed by atoms with Crippen LogP contribution in [-0.2, 0) is 0 Å². The van der Waals surface area contributed by atoms with E-state index in [4.69, 9.17) is 0 Å². The zero-order valence-corrected chi connectivity index (χ0v) is 6.24. The van der Waals surface area contributed by atoms with E-state index < -0.39 is 0 Å². The highest BCUT2D eigenvalue weighted by Crippen LogP contribution is 2.02. The van der Waals surface area contributed by atoms with Gasteiger partial charge < -0.3 is 0 Å². The lowest BCUT2D eigenvalue weighted by Crippen LogP contribution is -1.76. The third-order valence-electron chi connectivity index (χ3n) is 1.46. The largest absolute Gasteiger partial charge is 0.101 e. The summed E-state index contributed by atoms with van der Waals surface area (Å²) >= 11 is 0. The summed E-state index contributed by atoms with van der Waals surface area (Å²) in [7, 11) is 4.51. The molecule has 0 amide bonds. The van der Waals surface area contributed by atoms with E-state index in [-0.39, 0.29) is 0 Å². The van der Waals surface area contributed by atoms with Crippen molar-refractivity contribution < 1.29 is 0 Å². The molecule has 0 fully saturated rings. The van der Waals surface area contributed by atoms with Crippen LogP contribution < -0.4 is 0 Å². The smallest absolute Gasteiger partial charge is 0.0811 e. The molecular formula is C6H16B2. The normalized spacial score (nSPS) is 9.50. The summed E-state index contributed by atoms with van der Waals surface area (Å²) in [6, 6.07) is 0. The van der Waals surface area contributed by atoms with Gasteiger partial charge in [-0.2, -0.15) is 0 Å². The molecule has 46 valence electrons. The van der Waals surface area contributed by atoms with Crippen LogP contribution >= 0.6 is 0 Å². The molecule has 0 aromatic rings. The first kappa shape index (κ1) is 8.13.